The Morgan fingerprint density at radius 2 is 1.89 bits per heavy atom. The molecule has 2 atom stereocenters. The zero-order valence-corrected chi connectivity index (χ0v) is 11.0. The Kier molecular flexibility index (Phi) is 4.36. The average molecular weight is 253 g/mol. The van der Waals surface area contributed by atoms with Crippen LogP contribution in [0.15, 0.2) is 10.5 Å². The van der Waals surface area contributed by atoms with E-state index in [1.807, 2.05) is 26.8 Å². The van der Waals surface area contributed by atoms with Crippen molar-refractivity contribution in [2.24, 2.45) is 5.73 Å². The molecular formula is C12H19N3O3. The first-order chi connectivity index (χ1) is 8.31. The van der Waals surface area contributed by atoms with Gasteiger partial charge in [0.2, 0.25) is 5.91 Å². The highest BCUT2D eigenvalue weighted by Gasteiger charge is 2.19. The third-order valence-electron chi connectivity index (χ3n) is 2.66. The van der Waals surface area contributed by atoms with Crippen molar-refractivity contribution in [2.45, 2.75) is 39.8 Å². The highest BCUT2D eigenvalue weighted by atomic mass is 16.3. The van der Waals surface area contributed by atoms with E-state index in [9.17, 15) is 9.59 Å². The van der Waals surface area contributed by atoms with Gasteiger partial charge in [0.1, 0.15) is 17.6 Å². The molecule has 6 nitrogen and oxygen atoms in total. The topological polar surface area (TPSA) is 97.4 Å². The molecule has 0 fully saturated rings. The number of hydrogen-bond acceptors (Lipinski definition) is 3. The number of amides is 3. The van der Waals surface area contributed by atoms with Crippen LogP contribution in [0.4, 0.5) is 4.79 Å². The molecule has 0 saturated heterocycles. The van der Waals surface area contributed by atoms with E-state index in [1.165, 1.54) is 0 Å². The van der Waals surface area contributed by atoms with Gasteiger partial charge in [-0.05, 0) is 33.8 Å². The van der Waals surface area contributed by atoms with Crippen LogP contribution in [0.3, 0.4) is 0 Å². The molecule has 0 radical (unpaired) electrons. The van der Waals surface area contributed by atoms with Crippen molar-refractivity contribution in [3.8, 4) is 0 Å². The fraction of sp³-hybridized carbons (Fsp3) is 0.500. The molecule has 4 N–H and O–H groups in total. The molecule has 1 aromatic rings. The maximum Gasteiger partial charge on any atom is 0.312 e. The molecule has 1 heterocycles. The van der Waals surface area contributed by atoms with E-state index in [0.29, 0.717) is 0 Å². The lowest BCUT2D eigenvalue weighted by molar-refractivity contribution is -0.123. The monoisotopic (exact) mass is 253 g/mol. The second-order valence-corrected chi connectivity index (χ2v) is 4.33. The number of nitrogens with two attached hydrogens (primary N) is 1. The van der Waals surface area contributed by atoms with Crippen LogP contribution in [-0.2, 0) is 4.79 Å². The van der Waals surface area contributed by atoms with Crippen LogP contribution in [0.25, 0.3) is 0 Å². The lowest BCUT2D eigenvalue weighted by Gasteiger charge is -2.17. The first-order valence-electron chi connectivity index (χ1n) is 5.74. The molecule has 1 rings (SSSR count). The largest absolute Gasteiger partial charge is 0.466 e. The summed E-state index contributed by atoms with van der Waals surface area (Å²) in [7, 11) is 0. The van der Waals surface area contributed by atoms with Crippen LogP contribution in [0.5, 0.6) is 0 Å². The molecule has 0 spiro atoms. The minimum absolute atomic E-state index is 0.188. The van der Waals surface area contributed by atoms with E-state index in [0.717, 1.165) is 17.1 Å². The van der Waals surface area contributed by atoms with Crippen molar-refractivity contribution >= 4 is 11.9 Å². The number of primary amides is 1. The second kappa shape index (κ2) is 5.57. The van der Waals surface area contributed by atoms with Gasteiger partial charge in [0, 0.05) is 5.56 Å². The van der Waals surface area contributed by atoms with Crippen LogP contribution in [-0.4, -0.2) is 18.0 Å². The summed E-state index contributed by atoms with van der Waals surface area (Å²) in [5.41, 5.74) is 5.88. The number of carbonyl (C=O) groups is 2. The van der Waals surface area contributed by atoms with E-state index in [4.69, 9.17) is 10.2 Å². The minimum Gasteiger partial charge on any atom is -0.466 e. The van der Waals surface area contributed by atoms with Gasteiger partial charge in [-0.3, -0.25) is 4.79 Å². The minimum atomic E-state index is -0.722. The van der Waals surface area contributed by atoms with Gasteiger partial charge in [0.25, 0.3) is 0 Å². The molecule has 1 aromatic heterocycles. The smallest absolute Gasteiger partial charge is 0.312 e. The second-order valence-electron chi connectivity index (χ2n) is 4.33. The molecule has 0 saturated carbocycles. The first kappa shape index (κ1) is 14.1. The zero-order valence-electron chi connectivity index (χ0n) is 11.0. The standard InChI is InChI=1S/C12H19N3O3/c1-6-5-10(9(4)18-6)7(2)14-11(16)8(3)15-12(13)17/h5,7-8H,1-4H3,(H,14,16)(H3,13,15,17)/t7-,8+/m1/s1. The summed E-state index contributed by atoms with van der Waals surface area (Å²) in [5.74, 6) is 1.28. The van der Waals surface area contributed by atoms with E-state index in [1.54, 1.807) is 6.92 Å². The van der Waals surface area contributed by atoms with Crippen molar-refractivity contribution in [1.29, 1.82) is 0 Å². The Morgan fingerprint density at radius 1 is 1.28 bits per heavy atom. The molecule has 0 aromatic carbocycles. The van der Waals surface area contributed by atoms with E-state index < -0.39 is 12.1 Å². The van der Waals surface area contributed by atoms with E-state index in [-0.39, 0.29) is 11.9 Å². The fourth-order valence-corrected chi connectivity index (χ4v) is 1.78. The molecule has 6 heteroatoms. The molecule has 0 unspecified atom stereocenters. The van der Waals surface area contributed by atoms with E-state index >= 15 is 0 Å². The predicted octanol–water partition coefficient (Wildman–Crippen LogP) is 1.13. The molecular weight excluding hydrogens is 234 g/mol. The van der Waals surface area contributed by atoms with Gasteiger partial charge >= 0.3 is 6.03 Å². The molecule has 0 aliphatic carbocycles. The van der Waals surface area contributed by atoms with Crippen LogP contribution >= 0.6 is 0 Å². The average Bonchev–Trinajstić information content (AvgIpc) is 2.56. The van der Waals surface area contributed by atoms with Gasteiger partial charge in [-0.25, -0.2) is 4.79 Å². The van der Waals surface area contributed by atoms with Gasteiger partial charge in [-0.2, -0.15) is 0 Å². The Labute approximate surface area is 106 Å². The maximum absolute atomic E-state index is 11.8. The van der Waals surface area contributed by atoms with Crippen LogP contribution in [0.2, 0.25) is 0 Å². The Hall–Kier alpha value is -1.98. The maximum atomic E-state index is 11.8. The van der Waals surface area contributed by atoms with Gasteiger partial charge in [-0.15, -0.1) is 0 Å². The fourth-order valence-electron chi connectivity index (χ4n) is 1.78. The number of urea groups is 1. The van der Waals surface area contributed by atoms with Gasteiger partial charge in [0.15, 0.2) is 0 Å². The molecule has 100 valence electrons. The van der Waals surface area contributed by atoms with Crippen molar-refractivity contribution in [3.05, 3.63) is 23.2 Å². The molecule has 0 bridgehead atoms. The summed E-state index contributed by atoms with van der Waals surface area (Å²) in [4.78, 5) is 22.4. The zero-order chi connectivity index (χ0) is 13.9. The normalized spacial score (nSPS) is 13.8. The van der Waals surface area contributed by atoms with Crippen molar-refractivity contribution < 1.29 is 14.0 Å². The van der Waals surface area contributed by atoms with Crippen LogP contribution in [0, 0.1) is 13.8 Å². The summed E-state index contributed by atoms with van der Waals surface area (Å²) in [6, 6.07) is 0.304. The number of rotatable bonds is 4. The molecule has 0 aliphatic heterocycles. The Morgan fingerprint density at radius 3 is 2.33 bits per heavy atom. The van der Waals surface area contributed by atoms with Crippen LogP contribution in [0.1, 0.15) is 37.0 Å². The third-order valence-corrected chi connectivity index (χ3v) is 2.66. The first-order valence-corrected chi connectivity index (χ1v) is 5.74. The molecule has 0 aliphatic rings. The van der Waals surface area contributed by atoms with Crippen LogP contribution < -0.4 is 16.4 Å². The molecule has 3 amide bonds. The summed E-state index contributed by atoms with van der Waals surface area (Å²) in [6.45, 7) is 7.12. The number of furan rings is 1. The number of aryl methyl sites for hydroxylation is 2. The Bertz CT molecular complexity index is 453. The summed E-state index contributed by atoms with van der Waals surface area (Å²) >= 11 is 0. The Balaban J connectivity index is 2.64. The van der Waals surface area contributed by atoms with Gasteiger partial charge < -0.3 is 20.8 Å². The highest BCUT2D eigenvalue weighted by Crippen LogP contribution is 2.21. The van der Waals surface area contributed by atoms with Crippen molar-refractivity contribution in [3.63, 3.8) is 0 Å². The number of carbonyl (C=O) groups excluding carboxylic acids is 2. The van der Waals surface area contributed by atoms with E-state index in [2.05, 4.69) is 10.6 Å². The summed E-state index contributed by atoms with van der Waals surface area (Å²) < 4.78 is 5.40. The SMILES string of the molecule is Cc1cc([C@@H](C)NC(=O)[C@H](C)NC(N)=O)c(C)o1. The quantitative estimate of drug-likeness (QED) is 0.750. The van der Waals surface area contributed by atoms with Gasteiger partial charge in [0.05, 0.1) is 6.04 Å². The summed E-state index contributed by atoms with van der Waals surface area (Å²) in [5, 5.41) is 5.11. The number of hydrogen-bond donors (Lipinski definition) is 3. The molecule has 18 heavy (non-hydrogen) atoms. The summed E-state index contributed by atoms with van der Waals surface area (Å²) in [6.07, 6.45) is 0. The van der Waals surface area contributed by atoms with Crippen molar-refractivity contribution in [2.75, 3.05) is 0 Å². The lowest BCUT2D eigenvalue weighted by atomic mass is 10.1. The predicted molar refractivity (Wildman–Crippen MR) is 66.9 cm³/mol. The third kappa shape index (κ3) is 3.51. The highest BCUT2D eigenvalue weighted by molar-refractivity contribution is 5.86. The van der Waals surface area contributed by atoms with Crippen molar-refractivity contribution in [1.82, 2.24) is 10.6 Å². The lowest BCUT2D eigenvalue weighted by Crippen LogP contribution is -2.47. The van der Waals surface area contributed by atoms with Gasteiger partial charge in [-0.1, -0.05) is 0 Å². The number of nitrogens with one attached hydrogen (secondary N) is 2.